The zero-order chi connectivity index (χ0) is 21.6. The van der Waals surface area contributed by atoms with Crippen molar-refractivity contribution in [3.05, 3.63) is 70.9 Å². The first kappa shape index (κ1) is 19.8. The molecule has 152 valence electrons. The summed E-state index contributed by atoms with van der Waals surface area (Å²) < 4.78 is 6.02. The molecule has 4 rings (SSSR count). The molecule has 0 amide bonds. The van der Waals surface area contributed by atoms with Crippen LogP contribution in [0.1, 0.15) is 53.9 Å². The van der Waals surface area contributed by atoms with Gasteiger partial charge in [-0.05, 0) is 39.8 Å². The first-order chi connectivity index (χ1) is 14.2. The normalized spacial score (nSPS) is 15.0. The fraction of sp³-hybridized carbons (Fsp3) is 0.250. The molecule has 0 radical (unpaired) electrons. The first-order valence-corrected chi connectivity index (χ1v) is 9.69. The molecule has 6 nitrogen and oxygen atoms in total. The molecule has 1 unspecified atom stereocenters. The number of hydrogen-bond donors (Lipinski definition) is 1. The Bertz CT molecular complexity index is 1170. The number of carbonyl (C=O) groups is 2. The van der Waals surface area contributed by atoms with Crippen molar-refractivity contribution in [2.75, 3.05) is 0 Å². The maximum atomic E-state index is 12.1. The van der Waals surface area contributed by atoms with Gasteiger partial charge in [-0.3, -0.25) is 9.59 Å². The number of Topliss-reactive ketones (excluding diaryl/α,β-unsaturated/α-hetero) is 1. The van der Waals surface area contributed by atoms with E-state index < -0.39 is 17.3 Å². The van der Waals surface area contributed by atoms with E-state index in [1.54, 1.807) is 26.0 Å². The molecule has 0 bridgehead atoms. The maximum absolute atomic E-state index is 12.1. The van der Waals surface area contributed by atoms with Gasteiger partial charge in [0.15, 0.2) is 5.78 Å². The molecular formula is C24H22N2O4. The van der Waals surface area contributed by atoms with E-state index in [1.807, 2.05) is 43.3 Å². The smallest absolute Gasteiger partial charge is 0.310 e. The lowest BCUT2D eigenvalue weighted by Crippen LogP contribution is -2.34. The van der Waals surface area contributed by atoms with E-state index in [-0.39, 0.29) is 5.78 Å². The fourth-order valence-electron chi connectivity index (χ4n) is 3.79. The molecule has 0 fully saturated rings. The second-order valence-corrected chi connectivity index (χ2v) is 8.13. The molecule has 30 heavy (non-hydrogen) atoms. The van der Waals surface area contributed by atoms with Crippen LogP contribution in [0.3, 0.4) is 0 Å². The summed E-state index contributed by atoms with van der Waals surface area (Å²) in [5.41, 5.74) is 3.28. The molecule has 1 aliphatic heterocycles. The van der Waals surface area contributed by atoms with Crippen LogP contribution >= 0.6 is 0 Å². The number of hydrogen-bond acceptors (Lipinski definition) is 5. The van der Waals surface area contributed by atoms with Crippen LogP contribution < -0.4 is 4.74 Å². The van der Waals surface area contributed by atoms with Crippen molar-refractivity contribution in [1.82, 2.24) is 9.97 Å². The number of ether oxygens (including phenoxy) is 1. The minimum atomic E-state index is -1.09. The average Bonchev–Trinajstić information content (AvgIpc) is 2.71. The van der Waals surface area contributed by atoms with Crippen molar-refractivity contribution in [2.45, 2.75) is 33.6 Å². The van der Waals surface area contributed by atoms with E-state index in [2.05, 4.69) is 9.97 Å². The predicted octanol–water partition coefficient (Wildman–Crippen LogP) is 5.00. The van der Waals surface area contributed by atoms with E-state index in [4.69, 9.17) is 4.74 Å². The summed E-state index contributed by atoms with van der Waals surface area (Å²) in [4.78, 5) is 32.7. The molecule has 1 aliphatic rings. The number of carboxylic acids is 1. The fourth-order valence-corrected chi connectivity index (χ4v) is 3.79. The summed E-state index contributed by atoms with van der Waals surface area (Å²) in [6.45, 7) is 6.79. The Morgan fingerprint density at radius 2 is 1.53 bits per heavy atom. The van der Waals surface area contributed by atoms with E-state index in [9.17, 15) is 14.7 Å². The lowest BCUT2D eigenvalue weighted by molar-refractivity contribution is -0.147. The van der Waals surface area contributed by atoms with Crippen LogP contribution in [0.15, 0.2) is 48.5 Å². The lowest BCUT2D eigenvalue weighted by Gasteiger charge is -2.35. The largest absolute Gasteiger partial charge is 0.481 e. The molecule has 1 N–H and O–H groups in total. The van der Waals surface area contributed by atoms with Crippen LogP contribution in [0, 0.1) is 12.3 Å². The molecule has 0 saturated carbocycles. The molecule has 3 aromatic rings. The number of aryl methyl sites for hydroxylation is 1. The highest BCUT2D eigenvalue weighted by atomic mass is 16.5. The summed E-state index contributed by atoms with van der Waals surface area (Å²) >= 11 is 0. The van der Waals surface area contributed by atoms with Gasteiger partial charge in [0.1, 0.15) is 0 Å². The third-order valence-electron chi connectivity index (χ3n) is 5.59. The highest BCUT2D eigenvalue weighted by molar-refractivity contribution is 5.94. The number of nitrogens with zero attached hydrogens (tertiary/aromatic N) is 2. The Labute approximate surface area is 174 Å². The number of aromatic nitrogens is 2. The third kappa shape index (κ3) is 3.24. The van der Waals surface area contributed by atoms with Crippen LogP contribution in [0.4, 0.5) is 0 Å². The van der Waals surface area contributed by atoms with Crippen LogP contribution in [-0.4, -0.2) is 26.8 Å². The predicted molar refractivity (Wildman–Crippen MR) is 112 cm³/mol. The van der Waals surface area contributed by atoms with E-state index in [0.717, 1.165) is 16.8 Å². The second kappa shape index (κ2) is 7.06. The number of pyridine rings is 2. The van der Waals surface area contributed by atoms with E-state index >= 15 is 0 Å². The number of aliphatic carboxylic acids is 1. The van der Waals surface area contributed by atoms with Gasteiger partial charge in [-0.2, -0.15) is 0 Å². The number of benzene rings is 1. The Kier molecular flexibility index (Phi) is 4.65. The lowest BCUT2D eigenvalue weighted by atomic mass is 9.71. The Balaban J connectivity index is 1.84. The monoisotopic (exact) mass is 402 g/mol. The summed E-state index contributed by atoms with van der Waals surface area (Å²) in [6.07, 6.45) is 0. The van der Waals surface area contributed by atoms with Crippen LogP contribution in [0.25, 0.3) is 11.3 Å². The van der Waals surface area contributed by atoms with Crippen LogP contribution in [-0.2, 0) is 4.79 Å². The summed E-state index contributed by atoms with van der Waals surface area (Å²) in [6, 6.07) is 14.6. The molecule has 1 atom stereocenters. The third-order valence-corrected chi connectivity index (χ3v) is 5.59. The van der Waals surface area contributed by atoms with Crippen molar-refractivity contribution in [1.29, 1.82) is 0 Å². The molecule has 0 saturated heterocycles. The average molecular weight is 402 g/mol. The molecular weight excluding hydrogens is 380 g/mol. The Morgan fingerprint density at radius 3 is 2.13 bits per heavy atom. The van der Waals surface area contributed by atoms with Gasteiger partial charge < -0.3 is 9.84 Å². The quantitative estimate of drug-likeness (QED) is 0.618. The Hall–Kier alpha value is -3.54. The molecule has 3 heterocycles. The topological polar surface area (TPSA) is 89.4 Å². The SMILES string of the molecule is CC(=O)c1ccc(-c2ccc3c(n2)Oc2nc(C)ccc2C3C(C)(C)C(=O)O)cc1. The van der Waals surface area contributed by atoms with Gasteiger partial charge in [0, 0.05) is 33.9 Å². The number of carbonyl (C=O) groups excluding carboxylic acids is 1. The van der Waals surface area contributed by atoms with Crippen molar-refractivity contribution >= 4 is 11.8 Å². The molecule has 0 spiro atoms. The number of carboxylic acid groups (broad SMARTS) is 1. The van der Waals surface area contributed by atoms with Crippen molar-refractivity contribution in [2.24, 2.45) is 5.41 Å². The van der Waals surface area contributed by atoms with Crippen molar-refractivity contribution in [3.8, 4) is 23.0 Å². The molecule has 1 aromatic carbocycles. The minimum Gasteiger partial charge on any atom is -0.481 e. The van der Waals surface area contributed by atoms with Gasteiger partial charge in [0.2, 0.25) is 11.8 Å². The van der Waals surface area contributed by atoms with E-state index in [0.29, 0.717) is 28.6 Å². The molecule has 2 aromatic heterocycles. The highest BCUT2D eigenvalue weighted by Crippen LogP contribution is 2.51. The van der Waals surface area contributed by atoms with Gasteiger partial charge in [-0.1, -0.05) is 36.4 Å². The van der Waals surface area contributed by atoms with Gasteiger partial charge in [0.25, 0.3) is 0 Å². The number of ketones is 1. The summed E-state index contributed by atoms with van der Waals surface area (Å²) in [7, 11) is 0. The van der Waals surface area contributed by atoms with Gasteiger partial charge >= 0.3 is 5.97 Å². The zero-order valence-electron chi connectivity index (χ0n) is 17.3. The number of rotatable bonds is 4. The molecule has 6 heteroatoms. The first-order valence-electron chi connectivity index (χ1n) is 9.69. The van der Waals surface area contributed by atoms with Gasteiger partial charge in [-0.15, -0.1) is 0 Å². The highest BCUT2D eigenvalue weighted by Gasteiger charge is 2.44. The van der Waals surface area contributed by atoms with Crippen molar-refractivity contribution in [3.63, 3.8) is 0 Å². The minimum absolute atomic E-state index is 0.0000727. The van der Waals surface area contributed by atoms with E-state index in [1.165, 1.54) is 6.92 Å². The summed E-state index contributed by atoms with van der Waals surface area (Å²) in [5.74, 6) is -0.620. The van der Waals surface area contributed by atoms with Crippen LogP contribution in [0.5, 0.6) is 11.8 Å². The van der Waals surface area contributed by atoms with Gasteiger partial charge in [0.05, 0.1) is 11.1 Å². The molecule has 0 aliphatic carbocycles. The summed E-state index contributed by atoms with van der Waals surface area (Å²) in [5, 5.41) is 9.89. The maximum Gasteiger partial charge on any atom is 0.310 e. The zero-order valence-corrected chi connectivity index (χ0v) is 17.3. The Morgan fingerprint density at radius 1 is 0.933 bits per heavy atom. The van der Waals surface area contributed by atoms with Crippen LogP contribution in [0.2, 0.25) is 0 Å². The standard InChI is InChI=1S/C24H22N2O4/c1-13-5-10-17-20(24(3,4)23(28)29)18-11-12-19(26-22(18)30-21(17)25-13)16-8-6-15(7-9-16)14(2)27/h5-12,20H,1-4H3,(H,28,29). The van der Waals surface area contributed by atoms with Crippen molar-refractivity contribution < 1.29 is 19.4 Å². The number of fused-ring (bicyclic) bond motifs is 2. The second-order valence-electron chi connectivity index (χ2n) is 8.13. The van der Waals surface area contributed by atoms with Gasteiger partial charge in [-0.25, -0.2) is 9.97 Å².